The number of aryl methyl sites for hydroxylation is 3. The molecule has 4 nitrogen and oxygen atoms in total. The number of carbonyl (C=O) groups is 2. The number of thiophene rings is 1. The highest BCUT2D eigenvalue weighted by Crippen LogP contribution is 2.58. The van der Waals surface area contributed by atoms with Crippen LogP contribution < -0.4 is 5.32 Å². The van der Waals surface area contributed by atoms with Crippen molar-refractivity contribution in [3.8, 4) is 11.1 Å². The van der Waals surface area contributed by atoms with Gasteiger partial charge in [-0.15, -0.1) is 11.3 Å². The number of carbonyl (C=O) groups excluding carboxylic acids is 1. The Bertz CT molecular complexity index is 1200. The number of hydrogen-bond acceptors (Lipinski definition) is 3. The van der Waals surface area contributed by atoms with Crippen LogP contribution in [0, 0.1) is 25.2 Å². The summed E-state index contributed by atoms with van der Waals surface area (Å²) in [6.07, 6.45) is 5.09. The number of benzene rings is 2. The van der Waals surface area contributed by atoms with Crippen molar-refractivity contribution in [2.75, 3.05) is 0 Å². The van der Waals surface area contributed by atoms with Crippen molar-refractivity contribution >= 4 is 23.2 Å². The third-order valence-electron chi connectivity index (χ3n) is 7.74. The van der Waals surface area contributed by atoms with E-state index in [1.165, 1.54) is 21.6 Å². The molecule has 176 valence electrons. The van der Waals surface area contributed by atoms with Gasteiger partial charge in [-0.05, 0) is 80.0 Å². The van der Waals surface area contributed by atoms with Gasteiger partial charge in [0.05, 0.1) is 11.5 Å². The summed E-state index contributed by atoms with van der Waals surface area (Å²) in [5, 5.41) is 12.4. The van der Waals surface area contributed by atoms with Gasteiger partial charge in [-0.25, -0.2) is 0 Å². The number of amides is 1. The molecular weight excluding hydrogens is 442 g/mol. The summed E-state index contributed by atoms with van der Waals surface area (Å²) in [6.45, 7) is 4.15. The van der Waals surface area contributed by atoms with Crippen LogP contribution in [0.3, 0.4) is 0 Å². The molecule has 2 N–H and O–H groups in total. The fourth-order valence-electron chi connectivity index (χ4n) is 5.93. The van der Waals surface area contributed by atoms with E-state index in [2.05, 4.69) is 60.8 Å². The summed E-state index contributed by atoms with van der Waals surface area (Å²) in [7, 11) is 0. The van der Waals surface area contributed by atoms with Gasteiger partial charge in [0.25, 0.3) is 5.91 Å². The molecule has 2 fully saturated rings. The van der Waals surface area contributed by atoms with Crippen LogP contribution in [-0.4, -0.2) is 23.0 Å². The maximum atomic E-state index is 13.2. The van der Waals surface area contributed by atoms with Crippen LogP contribution in [-0.2, 0) is 17.6 Å². The second kappa shape index (κ2) is 9.03. The van der Waals surface area contributed by atoms with Crippen LogP contribution in [0.2, 0.25) is 0 Å². The van der Waals surface area contributed by atoms with Gasteiger partial charge in [0.1, 0.15) is 0 Å². The molecule has 3 aromatic rings. The lowest BCUT2D eigenvalue weighted by molar-refractivity contribution is -0.155. The van der Waals surface area contributed by atoms with Crippen molar-refractivity contribution in [2.45, 2.75) is 58.4 Å². The van der Waals surface area contributed by atoms with Gasteiger partial charge in [-0.1, -0.05) is 54.6 Å². The van der Waals surface area contributed by atoms with Crippen LogP contribution >= 0.6 is 11.3 Å². The van der Waals surface area contributed by atoms with E-state index < -0.39 is 5.97 Å². The number of hydrogen-bond donors (Lipinski definition) is 2. The Morgan fingerprint density at radius 3 is 2.21 bits per heavy atom. The maximum absolute atomic E-state index is 13.2. The maximum Gasteiger partial charge on any atom is 0.306 e. The first-order valence-electron chi connectivity index (χ1n) is 12.1. The van der Waals surface area contributed by atoms with Crippen molar-refractivity contribution < 1.29 is 14.7 Å². The molecule has 2 aliphatic rings. The fourth-order valence-corrected chi connectivity index (χ4v) is 7.04. The van der Waals surface area contributed by atoms with E-state index in [4.69, 9.17) is 5.11 Å². The fraction of sp³-hybridized carbons (Fsp3) is 0.379. The lowest BCUT2D eigenvalue weighted by Crippen LogP contribution is -2.57. The average Bonchev–Trinajstić information content (AvgIpc) is 3.06. The highest BCUT2D eigenvalue weighted by atomic mass is 32.1. The Balaban J connectivity index is 1.20. The number of carboxylic acid groups (broad SMARTS) is 1. The first-order chi connectivity index (χ1) is 16.3. The van der Waals surface area contributed by atoms with Crippen molar-refractivity contribution in [3.05, 3.63) is 81.0 Å². The van der Waals surface area contributed by atoms with Crippen LogP contribution in [0.15, 0.2) is 54.6 Å². The van der Waals surface area contributed by atoms with Gasteiger partial charge in [0.15, 0.2) is 0 Å². The van der Waals surface area contributed by atoms with Gasteiger partial charge in [0.2, 0.25) is 0 Å². The van der Waals surface area contributed by atoms with Crippen LogP contribution in [0.25, 0.3) is 11.1 Å². The number of carboxylic acids is 1. The van der Waals surface area contributed by atoms with Crippen molar-refractivity contribution in [1.82, 2.24) is 5.32 Å². The number of nitrogens with one attached hydrogen (secondary N) is 1. The SMILES string of the molecule is Cc1sc(C)c(C(=O)NC2CC3(C2)CC(C(=O)O)C3)c1CCc1ccc(-c2ccccc2)cc1. The predicted molar refractivity (Wildman–Crippen MR) is 136 cm³/mol. The second-order valence-corrected chi connectivity index (χ2v) is 11.6. The second-order valence-electron chi connectivity index (χ2n) is 10.2. The molecule has 34 heavy (non-hydrogen) atoms. The molecular formula is C29H31NO3S. The summed E-state index contributed by atoms with van der Waals surface area (Å²) in [5.74, 6) is -0.834. The summed E-state index contributed by atoms with van der Waals surface area (Å²) in [6, 6.07) is 19.3. The molecule has 1 spiro atoms. The molecule has 0 aliphatic heterocycles. The van der Waals surface area contributed by atoms with Gasteiger partial charge in [0, 0.05) is 15.8 Å². The molecule has 5 rings (SSSR count). The molecule has 0 atom stereocenters. The standard InChI is InChI=1S/C29H31NO3S/c1-18-25(13-10-20-8-11-22(12-9-20)21-6-4-3-5-7-21)26(19(2)34-18)27(31)30-24-16-29(17-24)14-23(15-29)28(32)33/h3-9,11-12,23-24H,10,13-17H2,1-2H3,(H,30,31)(H,32,33). The molecule has 1 heterocycles. The minimum atomic E-state index is -0.679. The van der Waals surface area contributed by atoms with E-state index in [1.54, 1.807) is 11.3 Å². The molecule has 5 heteroatoms. The van der Waals surface area contributed by atoms with Crippen molar-refractivity contribution in [3.63, 3.8) is 0 Å². The largest absolute Gasteiger partial charge is 0.481 e. The summed E-state index contributed by atoms with van der Waals surface area (Å²) in [4.78, 5) is 26.6. The van der Waals surface area contributed by atoms with E-state index in [-0.39, 0.29) is 23.3 Å². The zero-order valence-corrected chi connectivity index (χ0v) is 20.6. The Hall–Kier alpha value is -2.92. The Kier molecular flexibility index (Phi) is 6.07. The molecule has 2 saturated carbocycles. The zero-order valence-electron chi connectivity index (χ0n) is 19.8. The monoisotopic (exact) mass is 473 g/mol. The predicted octanol–water partition coefficient (Wildman–Crippen LogP) is 6.19. The molecule has 0 bridgehead atoms. The van der Waals surface area contributed by atoms with E-state index in [1.807, 2.05) is 13.0 Å². The number of aliphatic carboxylic acids is 1. The van der Waals surface area contributed by atoms with E-state index in [0.29, 0.717) is 0 Å². The summed E-state index contributed by atoms with van der Waals surface area (Å²) < 4.78 is 0. The lowest BCUT2D eigenvalue weighted by atomic mass is 9.50. The zero-order chi connectivity index (χ0) is 23.9. The Morgan fingerprint density at radius 2 is 1.56 bits per heavy atom. The van der Waals surface area contributed by atoms with Crippen molar-refractivity contribution in [1.29, 1.82) is 0 Å². The number of rotatable bonds is 7. The van der Waals surface area contributed by atoms with Gasteiger partial charge < -0.3 is 10.4 Å². The average molecular weight is 474 g/mol. The quantitative estimate of drug-likeness (QED) is 0.430. The first kappa shape index (κ1) is 22.9. The summed E-state index contributed by atoms with van der Waals surface area (Å²) >= 11 is 1.70. The van der Waals surface area contributed by atoms with E-state index >= 15 is 0 Å². The van der Waals surface area contributed by atoms with Crippen molar-refractivity contribution in [2.24, 2.45) is 11.3 Å². The lowest BCUT2D eigenvalue weighted by Gasteiger charge is -2.56. The normalized spacial score (nSPS) is 23.2. The van der Waals surface area contributed by atoms with E-state index in [0.717, 1.165) is 54.5 Å². The highest BCUT2D eigenvalue weighted by molar-refractivity contribution is 7.12. The highest BCUT2D eigenvalue weighted by Gasteiger charge is 2.55. The van der Waals surface area contributed by atoms with Crippen LogP contribution in [0.1, 0.15) is 56.9 Å². The molecule has 2 aliphatic carbocycles. The molecule has 0 unspecified atom stereocenters. The Morgan fingerprint density at radius 1 is 0.912 bits per heavy atom. The van der Waals surface area contributed by atoms with Gasteiger partial charge >= 0.3 is 5.97 Å². The van der Waals surface area contributed by atoms with Gasteiger partial charge in [-0.2, -0.15) is 0 Å². The minimum absolute atomic E-state index is 0.0326. The third-order valence-corrected chi connectivity index (χ3v) is 8.80. The van der Waals surface area contributed by atoms with Gasteiger partial charge in [-0.3, -0.25) is 9.59 Å². The summed E-state index contributed by atoms with van der Waals surface area (Å²) in [5.41, 5.74) is 5.88. The molecule has 0 saturated heterocycles. The topological polar surface area (TPSA) is 66.4 Å². The Labute approximate surface area is 205 Å². The molecule has 1 aromatic heterocycles. The third kappa shape index (κ3) is 4.41. The smallest absolute Gasteiger partial charge is 0.306 e. The minimum Gasteiger partial charge on any atom is -0.481 e. The van der Waals surface area contributed by atoms with Crippen LogP contribution in [0.5, 0.6) is 0 Å². The molecule has 0 radical (unpaired) electrons. The van der Waals surface area contributed by atoms with Crippen LogP contribution in [0.4, 0.5) is 0 Å². The first-order valence-corrected chi connectivity index (χ1v) is 12.9. The molecule has 1 amide bonds. The van der Waals surface area contributed by atoms with E-state index in [9.17, 15) is 9.59 Å². The molecule has 2 aromatic carbocycles.